The van der Waals surface area contributed by atoms with Crippen molar-refractivity contribution in [3.8, 4) is 0 Å². The molecule has 0 saturated carbocycles. The number of benzene rings is 1. The second-order valence-corrected chi connectivity index (χ2v) is 9.94. The lowest BCUT2D eigenvalue weighted by atomic mass is 9.73. The summed E-state index contributed by atoms with van der Waals surface area (Å²) >= 11 is 1.71. The molecule has 1 N–H and O–H groups in total. The molecule has 2 aromatic rings. The van der Waals surface area contributed by atoms with E-state index in [-0.39, 0.29) is 0 Å². The van der Waals surface area contributed by atoms with Crippen molar-refractivity contribution in [2.75, 3.05) is 23.3 Å². The lowest BCUT2D eigenvalue weighted by molar-refractivity contribution is 0.191. The third kappa shape index (κ3) is 5.92. The molecule has 0 amide bonds. The highest BCUT2D eigenvalue weighted by Gasteiger charge is 2.34. The predicted molar refractivity (Wildman–Crippen MR) is 143 cm³/mol. The van der Waals surface area contributed by atoms with Crippen LogP contribution in [0, 0.1) is 5.41 Å². The predicted octanol–water partition coefficient (Wildman–Crippen LogP) is 8.27. The van der Waals surface area contributed by atoms with Crippen molar-refractivity contribution < 1.29 is 0 Å². The zero-order valence-electron chi connectivity index (χ0n) is 20.3. The highest BCUT2D eigenvalue weighted by atomic mass is 32.1. The minimum Gasteiger partial charge on any atom is -0.369 e. The van der Waals surface area contributed by atoms with E-state index in [1.165, 1.54) is 49.1 Å². The molecule has 1 aromatic heterocycles. The molecule has 3 nitrogen and oxygen atoms in total. The molecule has 0 bridgehead atoms. The lowest BCUT2D eigenvalue weighted by Crippen LogP contribution is -2.43. The van der Waals surface area contributed by atoms with E-state index in [1.54, 1.807) is 11.3 Å². The van der Waals surface area contributed by atoms with Crippen LogP contribution in [0.4, 0.5) is 11.4 Å². The highest BCUT2D eigenvalue weighted by Crippen LogP contribution is 2.42. The van der Waals surface area contributed by atoms with Crippen LogP contribution in [0.3, 0.4) is 0 Å². The molecule has 172 valence electrons. The van der Waals surface area contributed by atoms with Gasteiger partial charge in [0.25, 0.3) is 0 Å². The first-order valence-corrected chi connectivity index (χ1v) is 13.0. The van der Waals surface area contributed by atoms with Gasteiger partial charge in [-0.05, 0) is 68.5 Å². The van der Waals surface area contributed by atoms with Gasteiger partial charge in [-0.3, -0.25) is 4.99 Å². The Balaban J connectivity index is 1.80. The zero-order valence-corrected chi connectivity index (χ0v) is 21.1. The fraction of sp³-hybridized carbons (Fsp3) is 0.464. The van der Waals surface area contributed by atoms with Gasteiger partial charge in [-0.25, -0.2) is 0 Å². The second-order valence-electron chi connectivity index (χ2n) is 8.99. The summed E-state index contributed by atoms with van der Waals surface area (Å²) in [7, 11) is 0. The number of allylic oxidation sites excluding steroid dienone is 1. The normalized spacial score (nSPS) is 16.8. The Hall–Kier alpha value is -2.33. The third-order valence-corrected chi connectivity index (χ3v) is 7.48. The van der Waals surface area contributed by atoms with Gasteiger partial charge in [0, 0.05) is 18.0 Å². The van der Waals surface area contributed by atoms with E-state index in [9.17, 15) is 0 Å². The molecule has 1 aliphatic rings. The number of aliphatic imine (C=N–C) groups is 1. The van der Waals surface area contributed by atoms with Crippen LogP contribution in [0.25, 0.3) is 0 Å². The van der Waals surface area contributed by atoms with Gasteiger partial charge in [-0.2, -0.15) is 0 Å². The summed E-state index contributed by atoms with van der Waals surface area (Å²) < 4.78 is 0. The molecule has 0 unspecified atom stereocenters. The fourth-order valence-electron chi connectivity index (χ4n) is 5.12. The smallest absolute Gasteiger partial charge is 0.0819 e. The first kappa shape index (κ1) is 24.3. The summed E-state index contributed by atoms with van der Waals surface area (Å²) in [5.74, 6) is 0. The minimum atomic E-state index is 0.447. The molecule has 2 heterocycles. The molecule has 0 radical (unpaired) electrons. The standard InChI is InChI=1S/C28H39N3S/c1-6-16-28(17-7-2)18-12-19-31(21-28)26-14-10-9-13-25(26)29-22(4)24(8-3)30-23(5)27-15-11-20-32-27/h8-11,13-15,20,29H,4,6-7,12,16-19,21H2,1-3,5H3/b24-8-,30-23+. The van der Waals surface area contributed by atoms with Crippen molar-refractivity contribution in [2.45, 2.75) is 66.2 Å². The van der Waals surface area contributed by atoms with Crippen LogP contribution in [0.15, 0.2) is 70.8 Å². The van der Waals surface area contributed by atoms with Crippen LogP contribution >= 0.6 is 11.3 Å². The maximum Gasteiger partial charge on any atom is 0.0819 e. The number of nitrogens with zero attached hydrogens (tertiary/aromatic N) is 2. The third-order valence-electron chi connectivity index (χ3n) is 6.50. The van der Waals surface area contributed by atoms with Gasteiger partial charge in [-0.1, -0.05) is 57.5 Å². The summed E-state index contributed by atoms with van der Waals surface area (Å²) in [6, 6.07) is 12.8. The molecule has 1 aliphatic heterocycles. The SMILES string of the molecule is C=C(Nc1ccccc1N1CCCC(CCC)(CCC)C1)C(=C/C)/N=C(\C)c1cccs1. The van der Waals surface area contributed by atoms with E-state index in [2.05, 4.69) is 79.3 Å². The summed E-state index contributed by atoms with van der Waals surface area (Å²) in [6.07, 6.45) is 9.81. The van der Waals surface area contributed by atoms with Gasteiger partial charge in [0.2, 0.25) is 0 Å². The second kappa shape index (κ2) is 11.5. The van der Waals surface area contributed by atoms with Crippen molar-refractivity contribution in [2.24, 2.45) is 10.4 Å². The Kier molecular flexibility index (Phi) is 8.75. The molecular weight excluding hydrogens is 410 g/mol. The van der Waals surface area contributed by atoms with Crippen molar-refractivity contribution in [1.29, 1.82) is 0 Å². The van der Waals surface area contributed by atoms with Crippen LogP contribution in [0.1, 0.15) is 71.1 Å². The van der Waals surface area contributed by atoms with E-state index in [0.717, 1.165) is 35.9 Å². The Morgan fingerprint density at radius 2 is 1.94 bits per heavy atom. The molecule has 4 heteroatoms. The van der Waals surface area contributed by atoms with Gasteiger partial charge in [0.05, 0.1) is 28.5 Å². The maximum absolute atomic E-state index is 4.86. The van der Waals surface area contributed by atoms with Crippen LogP contribution in [-0.4, -0.2) is 18.8 Å². The average Bonchev–Trinajstić information content (AvgIpc) is 3.33. The molecule has 1 aromatic carbocycles. The quantitative estimate of drug-likeness (QED) is 0.292. The van der Waals surface area contributed by atoms with Crippen molar-refractivity contribution in [3.05, 3.63) is 70.7 Å². The van der Waals surface area contributed by atoms with Gasteiger partial charge >= 0.3 is 0 Å². The van der Waals surface area contributed by atoms with Crippen LogP contribution in [-0.2, 0) is 0 Å². The monoisotopic (exact) mass is 449 g/mol. The molecule has 3 rings (SSSR count). The maximum atomic E-state index is 4.86. The zero-order chi connectivity index (χ0) is 23.0. The first-order chi connectivity index (χ1) is 15.5. The number of anilines is 2. The molecule has 1 fully saturated rings. The molecular formula is C28H39N3S. The largest absolute Gasteiger partial charge is 0.369 e. The minimum absolute atomic E-state index is 0.447. The van der Waals surface area contributed by atoms with E-state index in [1.807, 2.05) is 13.0 Å². The van der Waals surface area contributed by atoms with E-state index < -0.39 is 0 Å². The van der Waals surface area contributed by atoms with E-state index in [0.29, 0.717) is 5.41 Å². The van der Waals surface area contributed by atoms with Gasteiger partial charge in [0.1, 0.15) is 0 Å². The Labute approximate surface area is 199 Å². The lowest BCUT2D eigenvalue weighted by Gasteiger charge is -2.44. The summed E-state index contributed by atoms with van der Waals surface area (Å²) in [5, 5.41) is 5.68. The van der Waals surface area contributed by atoms with Crippen LogP contribution in [0.5, 0.6) is 0 Å². The molecule has 0 aliphatic carbocycles. The molecule has 1 saturated heterocycles. The number of rotatable bonds is 10. The van der Waals surface area contributed by atoms with Gasteiger partial charge < -0.3 is 10.2 Å². The summed E-state index contributed by atoms with van der Waals surface area (Å²) in [5.41, 5.74) is 5.58. The Bertz CT molecular complexity index is 928. The van der Waals surface area contributed by atoms with Crippen LogP contribution < -0.4 is 10.2 Å². The average molecular weight is 450 g/mol. The van der Waals surface area contributed by atoms with Crippen LogP contribution in [0.2, 0.25) is 0 Å². The van der Waals surface area contributed by atoms with E-state index in [4.69, 9.17) is 4.99 Å². The number of hydrogen-bond acceptors (Lipinski definition) is 4. The molecule has 32 heavy (non-hydrogen) atoms. The van der Waals surface area contributed by atoms with Gasteiger partial charge in [-0.15, -0.1) is 11.3 Å². The summed E-state index contributed by atoms with van der Waals surface area (Å²) in [4.78, 5) is 8.65. The van der Waals surface area contributed by atoms with Crippen molar-refractivity contribution >= 4 is 28.4 Å². The van der Waals surface area contributed by atoms with Crippen molar-refractivity contribution in [3.63, 3.8) is 0 Å². The molecule has 0 atom stereocenters. The number of para-hydroxylation sites is 2. The topological polar surface area (TPSA) is 27.6 Å². The fourth-order valence-corrected chi connectivity index (χ4v) is 5.79. The Morgan fingerprint density at radius 1 is 1.19 bits per heavy atom. The number of thiophene rings is 1. The van der Waals surface area contributed by atoms with E-state index >= 15 is 0 Å². The molecule has 0 spiro atoms. The number of hydrogen-bond donors (Lipinski definition) is 1. The van der Waals surface area contributed by atoms with Gasteiger partial charge in [0.15, 0.2) is 0 Å². The Morgan fingerprint density at radius 3 is 2.59 bits per heavy atom. The van der Waals surface area contributed by atoms with Crippen molar-refractivity contribution in [1.82, 2.24) is 0 Å². The number of nitrogens with one attached hydrogen (secondary N) is 1. The number of piperidine rings is 1. The summed E-state index contributed by atoms with van der Waals surface area (Å²) in [6.45, 7) is 15.3. The highest BCUT2D eigenvalue weighted by molar-refractivity contribution is 7.12. The first-order valence-electron chi connectivity index (χ1n) is 12.1.